The summed E-state index contributed by atoms with van der Waals surface area (Å²) >= 11 is 6.39. The quantitative estimate of drug-likeness (QED) is 0.137. The maximum atomic E-state index is 13.3. The first-order chi connectivity index (χ1) is 19.7. The van der Waals surface area contributed by atoms with Crippen molar-refractivity contribution < 1.29 is 42.0 Å². The van der Waals surface area contributed by atoms with Crippen LogP contribution in [0, 0.1) is 24.0 Å². The van der Waals surface area contributed by atoms with Crippen LogP contribution in [0.4, 0.5) is 29.3 Å². The third kappa shape index (κ3) is 6.05. The number of urea groups is 1. The molecule has 0 radical (unpaired) electrons. The van der Waals surface area contributed by atoms with Gasteiger partial charge < -0.3 is 9.47 Å². The number of barbiturate groups is 1. The number of carbonyl (C=O) groups excluding carboxylic acids is 3. The molecule has 0 saturated carbocycles. The second-order valence-electron chi connectivity index (χ2n) is 9.03. The third-order valence-corrected chi connectivity index (χ3v) is 6.47. The van der Waals surface area contributed by atoms with E-state index >= 15 is 0 Å². The Bertz CT molecular complexity index is 1670. The lowest BCUT2D eigenvalue weighted by atomic mass is 10.0. The number of nitro groups is 1. The Hall–Kier alpha value is -4.91. The van der Waals surface area contributed by atoms with Gasteiger partial charge in [-0.25, -0.2) is 9.69 Å². The van der Waals surface area contributed by atoms with E-state index in [0.29, 0.717) is 12.1 Å². The number of hydrogen-bond donors (Lipinski definition) is 1. The van der Waals surface area contributed by atoms with Crippen LogP contribution >= 0.6 is 11.6 Å². The van der Waals surface area contributed by atoms with Gasteiger partial charge in [-0.3, -0.25) is 25.0 Å². The number of nitrogens with zero attached hydrogens (tertiary/aromatic N) is 2. The molecule has 1 heterocycles. The van der Waals surface area contributed by atoms with Crippen LogP contribution in [-0.4, -0.2) is 29.4 Å². The molecule has 1 fully saturated rings. The summed E-state index contributed by atoms with van der Waals surface area (Å²) in [6.07, 6.45) is -3.66. The molecule has 4 rings (SSSR count). The van der Waals surface area contributed by atoms with Crippen molar-refractivity contribution in [3.05, 3.63) is 91.5 Å². The summed E-state index contributed by atoms with van der Waals surface area (Å²) in [4.78, 5) is 49.8. The van der Waals surface area contributed by atoms with Gasteiger partial charge in [-0.05, 0) is 79.9 Å². The zero-order valence-corrected chi connectivity index (χ0v) is 22.9. The molecule has 4 amide bonds. The average molecular weight is 604 g/mol. The van der Waals surface area contributed by atoms with Crippen molar-refractivity contribution in [1.82, 2.24) is 5.32 Å². The number of benzene rings is 3. The molecule has 0 aromatic heterocycles. The summed E-state index contributed by atoms with van der Waals surface area (Å²) in [6, 6.07) is 8.26. The van der Waals surface area contributed by atoms with Crippen LogP contribution in [0.15, 0.2) is 54.1 Å². The number of halogens is 4. The van der Waals surface area contributed by atoms with Crippen molar-refractivity contribution in [1.29, 1.82) is 0 Å². The Morgan fingerprint density at radius 2 is 1.74 bits per heavy atom. The van der Waals surface area contributed by atoms with Gasteiger partial charge in [0.05, 0.1) is 27.8 Å². The van der Waals surface area contributed by atoms with E-state index in [-0.39, 0.29) is 34.4 Å². The monoisotopic (exact) mass is 603 g/mol. The summed E-state index contributed by atoms with van der Waals surface area (Å²) < 4.78 is 50.4. The van der Waals surface area contributed by atoms with E-state index in [1.54, 1.807) is 32.0 Å². The van der Waals surface area contributed by atoms with Gasteiger partial charge in [0.2, 0.25) is 5.75 Å². The zero-order chi connectivity index (χ0) is 30.9. The second-order valence-corrected chi connectivity index (χ2v) is 9.44. The number of carbonyl (C=O) groups is 3. The number of rotatable bonds is 7. The highest BCUT2D eigenvalue weighted by molar-refractivity contribution is 6.39. The standard InChI is InChI=1S/C28H21ClF3N3O7/c1-4-41-23-12-16(10-19-25(36)33-27(38)34(26(19)37)18-7-5-14(2)15(3)9-18)11-20(29)24(23)42-22-8-6-17(28(30,31)32)13-21(22)35(39)40/h5-13H,4H2,1-3H3,(H,33,36,38)/b19-10+. The lowest BCUT2D eigenvalue weighted by molar-refractivity contribution is -0.385. The van der Waals surface area contributed by atoms with Gasteiger partial charge in [0.15, 0.2) is 11.5 Å². The SMILES string of the molecule is CCOc1cc(/C=C2\C(=O)NC(=O)N(c3ccc(C)c(C)c3)C2=O)cc(Cl)c1Oc1ccc(C(F)(F)F)cc1[N+](=O)[O-]. The van der Waals surface area contributed by atoms with Crippen molar-refractivity contribution in [3.63, 3.8) is 0 Å². The van der Waals surface area contributed by atoms with Crippen molar-refractivity contribution >= 4 is 46.9 Å². The van der Waals surface area contributed by atoms with E-state index in [4.69, 9.17) is 21.1 Å². The highest BCUT2D eigenvalue weighted by atomic mass is 35.5. The normalized spacial score (nSPS) is 14.7. The first-order valence-corrected chi connectivity index (χ1v) is 12.6. The van der Waals surface area contributed by atoms with Crippen LogP contribution in [0.5, 0.6) is 17.2 Å². The Morgan fingerprint density at radius 3 is 2.36 bits per heavy atom. The number of hydrogen-bond acceptors (Lipinski definition) is 7. The van der Waals surface area contributed by atoms with Crippen molar-refractivity contribution in [2.45, 2.75) is 26.9 Å². The van der Waals surface area contributed by atoms with Gasteiger partial charge in [-0.1, -0.05) is 17.7 Å². The molecule has 14 heteroatoms. The predicted molar refractivity (Wildman–Crippen MR) is 146 cm³/mol. The molecule has 3 aromatic carbocycles. The van der Waals surface area contributed by atoms with Crippen molar-refractivity contribution in [3.8, 4) is 17.2 Å². The van der Waals surface area contributed by atoms with E-state index in [2.05, 4.69) is 5.32 Å². The first-order valence-electron chi connectivity index (χ1n) is 12.2. The Labute approximate surface area is 241 Å². The van der Waals surface area contributed by atoms with E-state index < -0.39 is 51.5 Å². The fraction of sp³-hybridized carbons (Fsp3) is 0.179. The fourth-order valence-electron chi connectivity index (χ4n) is 3.99. The van der Waals surface area contributed by atoms with Gasteiger partial charge in [-0.2, -0.15) is 13.2 Å². The number of nitro benzene ring substituents is 1. The Balaban J connectivity index is 1.74. The van der Waals surface area contributed by atoms with Crippen molar-refractivity contribution in [2.75, 3.05) is 11.5 Å². The van der Waals surface area contributed by atoms with Crippen molar-refractivity contribution in [2.24, 2.45) is 0 Å². The topological polar surface area (TPSA) is 128 Å². The summed E-state index contributed by atoms with van der Waals surface area (Å²) in [5, 5.41) is 13.4. The highest BCUT2D eigenvalue weighted by Gasteiger charge is 2.37. The molecule has 1 saturated heterocycles. The number of nitrogens with one attached hydrogen (secondary N) is 1. The molecule has 0 unspecified atom stereocenters. The van der Waals surface area contributed by atoms with Gasteiger partial charge in [0.25, 0.3) is 11.8 Å². The van der Waals surface area contributed by atoms with Gasteiger partial charge in [0, 0.05) is 6.07 Å². The minimum Gasteiger partial charge on any atom is -0.490 e. The van der Waals surface area contributed by atoms with E-state index in [0.717, 1.165) is 28.2 Å². The summed E-state index contributed by atoms with van der Waals surface area (Å²) in [5.74, 6) is -2.74. The van der Waals surface area contributed by atoms with Crippen LogP contribution in [0.3, 0.4) is 0 Å². The molecular weight excluding hydrogens is 583 g/mol. The number of alkyl halides is 3. The summed E-state index contributed by atoms with van der Waals surface area (Å²) in [5.41, 5.74) is -0.471. The largest absolute Gasteiger partial charge is 0.490 e. The van der Waals surface area contributed by atoms with Gasteiger partial charge >= 0.3 is 17.9 Å². The lowest BCUT2D eigenvalue weighted by Crippen LogP contribution is -2.54. The second kappa shape index (κ2) is 11.5. The molecule has 1 N–H and O–H groups in total. The van der Waals surface area contributed by atoms with Crippen LogP contribution in [0.1, 0.15) is 29.2 Å². The molecule has 0 aliphatic carbocycles. The Morgan fingerprint density at radius 1 is 1.02 bits per heavy atom. The van der Waals surface area contributed by atoms with Crippen LogP contribution in [-0.2, 0) is 15.8 Å². The molecule has 0 bridgehead atoms. The smallest absolute Gasteiger partial charge is 0.416 e. The molecule has 10 nitrogen and oxygen atoms in total. The molecular formula is C28H21ClF3N3O7. The Kier molecular flexibility index (Phi) is 8.25. The predicted octanol–water partition coefficient (Wildman–Crippen LogP) is 6.74. The van der Waals surface area contributed by atoms with Crippen LogP contribution in [0.25, 0.3) is 6.08 Å². The van der Waals surface area contributed by atoms with Crippen LogP contribution in [0.2, 0.25) is 5.02 Å². The first kappa shape index (κ1) is 30.1. The summed E-state index contributed by atoms with van der Waals surface area (Å²) in [7, 11) is 0. The molecule has 0 atom stereocenters. The third-order valence-electron chi connectivity index (χ3n) is 6.19. The number of imide groups is 2. The fourth-order valence-corrected chi connectivity index (χ4v) is 4.25. The lowest BCUT2D eigenvalue weighted by Gasteiger charge is -2.27. The highest BCUT2D eigenvalue weighted by Crippen LogP contribution is 2.44. The van der Waals surface area contributed by atoms with Crippen LogP contribution < -0.4 is 19.7 Å². The number of aryl methyl sites for hydroxylation is 2. The maximum absolute atomic E-state index is 13.3. The van der Waals surface area contributed by atoms with E-state index in [1.165, 1.54) is 12.1 Å². The van der Waals surface area contributed by atoms with Gasteiger partial charge in [-0.15, -0.1) is 0 Å². The van der Waals surface area contributed by atoms with Gasteiger partial charge in [0.1, 0.15) is 5.57 Å². The molecule has 0 spiro atoms. The van der Waals surface area contributed by atoms with E-state index in [9.17, 15) is 37.7 Å². The number of ether oxygens (including phenoxy) is 2. The molecule has 1 aliphatic rings. The minimum atomic E-state index is -4.83. The number of anilines is 1. The number of amides is 4. The summed E-state index contributed by atoms with van der Waals surface area (Å²) in [6.45, 7) is 5.31. The minimum absolute atomic E-state index is 0.0519. The molecule has 42 heavy (non-hydrogen) atoms. The molecule has 1 aliphatic heterocycles. The zero-order valence-electron chi connectivity index (χ0n) is 22.2. The average Bonchev–Trinajstić information content (AvgIpc) is 2.90. The van der Waals surface area contributed by atoms with E-state index in [1.807, 2.05) is 6.92 Å². The molecule has 218 valence electrons. The molecule has 3 aromatic rings. The maximum Gasteiger partial charge on any atom is 0.416 e.